The molecule has 0 bridgehead atoms. The fraction of sp³-hybridized carbons (Fsp3) is 0.269. The molecule has 2 aliphatic rings. The van der Waals surface area contributed by atoms with Crippen LogP contribution in [0.15, 0.2) is 65.7 Å². The second-order valence-corrected chi connectivity index (χ2v) is 8.78. The van der Waals surface area contributed by atoms with Gasteiger partial charge >= 0.3 is 0 Å². The number of amides is 1. The Morgan fingerprint density at radius 1 is 1.19 bits per heavy atom. The van der Waals surface area contributed by atoms with Crippen LogP contribution in [-0.2, 0) is 10.3 Å². The molecule has 1 saturated heterocycles. The summed E-state index contributed by atoms with van der Waals surface area (Å²) < 4.78 is 21.0. The van der Waals surface area contributed by atoms with E-state index < -0.39 is 23.9 Å². The topological polar surface area (TPSA) is 103 Å². The molecule has 186 valence electrons. The third-order valence-corrected chi connectivity index (χ3v) is 6.52. The number of hydrogen-bond acceptors (Lipinski definition) is 7. The number of aliphatic imine (C=N–C) groups is 1. The molecule has 9 nitrogen and oxygen atoms in total. The minimum absolute atomic E-state index is 0.155. The maximum Gasteiger partial charge on any atom is 0.280 e. The van der Waals surface area contributed by atoms with E-state index in [1.54, 1.807) is 42.6 Å². The molecule has 1 unspecified atom stereocenters. The van der Waals surface area contributed by atoms with Crippen LogP contribution < -0.4 is 4.74 Å². The van der Waals surface area contributed by atoms with E-state index >= 15 is 0 Å². The molecule has 0 spiro atoms. The van der Waals surface area contributed by atoms with Gasteiger partial charge in [0.05, 0.1) is 44.6 Å². The number of imidazole rings is 1. The van der Waals surface area contributed by atoms with E-state index in [2.05, 4.69) is 9.98 Å². The van der Waals surface area contributed by atoms with Gasteiger partial charge < -0.3 is 24.4 Å². The predicted molar refractivity (Wildman–Crippen MR) is 131 cm³/mol. The average Bonchev–Trinajstić information content (AvgIpc) is 3.55. The van der Waals surface area contributed by atoms with Gasteiger partial charge in [-0.3, -0.25) is 9.69 Å². The number of ether oxygens (including phenoxy) is 1. The van der Waals surface area contributed by atoms with Crippen LogP contribution in [0.2, 0.25) is 0 Å². The lowest BCUT2D eigenvalue weighted by molar-refractivity contribution is -0.127. The molecule has 10 heteroatoms. The zero-order valence-electron chi connectivity index (χ0n) is 19.9. The Hall–Kier alpha value is -4.02. The Labute approximate surface area is 207 Å². The van der Waals surface area contributed by atoms with Crippen LogP contribution in [0.3, 0.4) is 0 Å². The molecule has 1 atom stereocenters. The van der Waals surface area contributed by atoms with Gasteiger partial charge in [0.1, 0.15) is 22.8 Å². The number of methoxy groups -OCH3 is 1. The molecule has 0 radical (unpaired) electrons. The number of rotatable bonds is 7. The average molecular weight is 492 g/mol. The third-order valence-electron chi connectivity index (χ3n) is 6.52. The molecule has 2 N–H and O–H groups in total. The van der Waals surface area contributed by atoms with E-state index in [-0.39, 0.29) is 25.4 Å². The summed E-state index contributed by atoms with van der Waals surface area (Å²) in [4.78, 5) is 25.7. The number of hydrogen-bond donors (Lipinski definition) is 2. The van der Waals surface area contributed by atoms with Gasteiger partial charge in [-0.2, -0.15) is 0 Å². The Morgan fingerprint density at radius 3 is 2.61 bits per heavy atom. The summed E-state index contributed by atoms with van der Waals surface area (Å²) in [6.07, 6.45) is 5.24. The first-order valence-corrected chi connectivity index (χ1v) is 11.5. The number of guanidine groups is 1. The number of carbonyl (C=O) groups is 1. The van der Waals surface area contributed by atoms with Gasteiger partial charge in [-0.1, -0.05) is 18.2 Å². The fourth-order valence-electron chi connectivity index (χ4n) is 4.76. The van der Waals surface area contributed by atoms with Crippen molar-refractivity contribution in [2.75, 3.05) is 33.4 Å². The highest BCUT2D eigenvalue weighted by Gasteiger charge is 2.55. The normalized spacial score (nSPS) is 20.3. The van der Waals surface area contributed by atoms with Crippen molar-refractivity contribution in [1.29, 1.82) is 0 Å². The minimum Gasteiger partial charge on any atom is -0.495 e. The molecule has 1 amide bonds. The van der Waals surface area contributed by atoms with Gasteiger partial charge in [-0.15, -0.1) is 0 Å². The third kappa shape index (κ3) is 3.84. The van der Waals surface area contributed by atoms with E-state index in [0.29, 0.717) is 22.8 Å². The predicted octanol–water partition coefficient (Wildman–Crippen LogP) is 2.06. The van der Waals surface area contributed by atoms with Crippen LogP contribution in [0.5, 0.6) is 5.75 Å². The molecule has 0 saturated carbocycles. The lowest BCUT2D eigenvalue weighted by Gasteiger charge is -2.33. The summed E-state index contributed by atoms with van der Waals surface area (Å²) in [5, 5.41) is 20.1. The van der Waals surface area contributed by atoms with Crippen LogP contribution >= 0.6 is 0 Å². The number of benzene rings is 2. The smallest absolute Gasteiger partial charge is 0.280 e. The molecule has 2 aromatic carbocycles. The van der Waals surface area contributed by atoms with Crippen molar-refractivity contribution in [2.45, 2.75) is 12.5 Å². The minimum atomic E-state index is -1.16. The van der Waals surface area contributed by atoms with Crippen molar-refractivity contribution in [2.24, 2.45) is 4.99 Å². The summed E-state index contributed by atoms with van der Waals surface area (Å²) >= 11 is 0. The number of halogens is 1. The highest BCUT2D eigenvalue weighted by molar-refractivity contribution is 6.15. The first-order valence-electron chi connectivity index (χ1n) is 11.5. The van der Waals surface area contributed by atoms with E-state index in [0.717, 1.165) is 11.4 Å². The standard InChI is InChI=1S/C26H26FN5O4/c1-17-13-31(16-28-17)22-8-3-18(12-23(22)36-2)11-21-24(35)32-25(29-21)30(9-10-33)14-26(32,15-34)19-4-6-20(27)7-5-19/h3-8,11-13,16,33-34H,9-10,14-15H2,1-2H3/b21-11-. The number of β-amino-alcohol motifs (C(OH)–C–C–N with tert-alkyl or cyclic N) is 1. The molecule has 5 rings (SSSR count). The van der Waals surface area contributed by atoms with Crippen LogP contribution in [-0.4, -0.2) is 74.8 Å². The number of aryl methyl sites for hydroxylation is 1. The van der Waals surface area contributed by atoms with Gasteiger partial charge in [0.15, 0.2) is 0 Å². The summed E-state index contributed by atoms with van der Waals surface area (Å²) in [6, 6.07) is 11.2. The molecule has 2 aliphatic heterocycles. The molecular weight excluding hydrogens is 465 g/mol. The quantitative estimate of drug-likeness (QED) is 0.491. The number of aromatic nitrogens is 2. The first kappa shape index (κ1) is 23.7. The highest BCUT2D eigenvalue weighted by Crippen LogP contribution is 2.41. The van der Waals surface area contributed by atoms with E-state index in [4.69, 9.17) is 4.74 Å². The van der Waals surface area contributed by atoms with Crippen LogP contribution in [0.4, 0.5) is 4.39 Å². The Kier molecular flexibility index (Phi) is 6.07. The van der Waals surface area contributed by atoms with Gasteiger partial charge in [-0.25, -0.2) is 14.4 Å². The summed E-state index contributed by atoms with van der Waals surface area (Å²) in [5.41, 5.74) is 1.98. The Balaban J connectivity index is 1.54. The molecule has 3 aromatic rings. The lowest BCUT2D eigenvalue weighted by Crippen LogP contribution is -2.49. The number of carbonyl (C=O) groups excluding carboxylic acids is 1. The lowest BCUT2D eigenvalue weighted by atomic mass is 9.89. The van der Waals surface area contributed by atoms with Crippen molar-refractivity contribution in [3.63, 3.8) is 0 Å². The second kappa shape index (κ2) is 9.21. The van der Waals surface area contributed by atoms with Gasteiger partial charge in [-0.05, 0) is 48.4 Å². The SMILES string of the molecule is COc1cc(/C=C2\N=C3N(CCO)CC(CO)(c4ccc(F)cc4)N3C2=O)ccc1-n1cnc(C)c1. The maximum atomic E-state index is 13.6. The van der Waals surface area contributed by atoms with Crippen molar-refractivity contribution < 1.29 is 24.1 Å². The number of nitrogens with zero attached hydrogens (tertiary/aromatic N) is 5. The summed E-state index contributed by atoms with van der Waals surface area (Å²) in [7, 11) is 1.57. The number of aliphatic hydroxyl groups excluding tert-OH is 2. The van der Waals surface area contributed by atoms with Crippen molar-refractivity contribution >= 4 is 17.9 Å². The number of fused-ring (bicyclic) bond motifs is 1. The highest BCUT2D eigenvalue weighted by atomic mass is 19.1. The largest absolute Gasteiger partial charge is 0.495 e. The van der Waals surface area contributed by atoms with Crippen LogP contribution in [0.25, 0.3) is 11.8 Å². The first-order chi connectivity index (χ1) is 17.4. The van der Waals surface area contributed by atoms with Gasteiger partial charge in [0.25, 0.3) is 5.91 Å². The van der Waals surface area contributed by atoms with Gasteiger partial charge in [0.2, 0.25) is 5.96 Å². The van der Waals surface area contributed by atoms with Gasteiger partial charge in [0, 0.05) is 12.7 Å². The maximum absolute atomic E-state index is 13.6. The molecule has 1 aromatic heterocycles. The zero-order chi connectivity index (χ0) is 25.4. The molecule has 36 heavy (non-hydrogen) atoms. The summed E-state index contributed by atoms with van der Waals surface area (Å²) in [5.74, 6) is 0.133. The zero-order valence-corrected chi connectivity index (χ0v) is 19.9. The van der Waals surface area contributed by atoms with Crippen LogP contribution in [0.1, 0.15) is 16.8 Å². The molecular formula is C26H26FN5O4. The second-order valence-electron chi connectivity index (χ2n) is 8.78. The Morgan fingerprint density at radius 2 is 1.97 bits per heavy atom. The van der Waals surface area contributed by atoms with E-state index in [1.165, 1.54) is 17.0 Å². The molecule has 1 fully saturated rings. The van der Waals surface area contributed by atoms with Crippen molar-refractivity contribution in [1.82, 2.24) is 19.4 Å². The van der Waals surface area contributed by atoms with E-state index in [1.807, 2.05) is 29.8 Å². The van der Waals surface area contributed by atoms with Crippen LogP contribution in [0, 0.1) is 12.7 Å². The molecule has 3 heterocycles. The fourth-order valence-corrected chi connectivity index (χ4v) is 4.76. The van der Waals surface area contributed by atoms with E-state index in [9.17, 15) is 19.4 Å². The molecule has 0 aliphatic carbocycles. The monoisotopic (exact) mass is 491 g/mol. The van der Waals surface area contributed by atoms with Crippen molar-refractivity contribution in [3.05, 3.63) is 83.3 Å². The number of aliphatic hydroxyl groups is 2. The summed E-state index contributed by atoms with van der Waals surface area (Å²) in [6.45, 7) is 1.80. The van der Waals surface area contributed by atoms with Crippen molar-refractivity contribution in [3.8, 4) is 11.4 Å². The Bertz CT molecular complexity index is 1370.